The van der Waals surface area contributed by atoms with Gasteiger partial charge in [0.15, 0.2) is 12.2 Å². The summed E-state index contributed by atoms with van der Waals surface area (Å²) in [4.78, 5) is 58.7. The Kier molecular flexibility index (Phi) is 19.9. The number of amides is 4. The Hall–Kier alpha value is -7.12. The lowest BCUT2D eigenvalue weighted by atomic mass is 9.92. The van der Waals surface area contributed by atoms with E-state index < -0.39 is 96.8 Å². The van der Waals surface area contributed by atoms with Crippen LogP contribution in [0.15, 0.2) is 182 Å². The number of carbonyl (C=O) groups excluding carboxylic acids is 4. The summed E-state index contributed by atoms with van der Waals surface area (Å²) in [6, 6.07) is 55.0. The molecule has 4 bridgehead atoms. The molecule has 3 fully saturated rings. The summed E-state index contributed by atoms with van der Waals surface area (Å²) in [5, 5.41) is 11.7. The summed E-state index contributed by atoms with van der Waals surface area (Å²) >= 11 is 0. The fraction of sp³-hybridized carbons (Fsp3) is 0.355. The van der Waals surface area contributed by atoms with E-state index in [2.05, 4.69) is 21.3 Å². The number of nitrogens with one attached hydrogen (secondary N) is 4. The molecular weight excluding hydrogens is 993 g/mol. The highest BCUT2D eigenvalue weighted by molar-refractivity contribution is 5.90. The molecule has 0 aromatic heterocycles. The minimum atomic E-state index is -1.38. The van der Waals surface area contributed by atoms with Crippen LogP contribution in [0.4, 0.5) is 0 Å². The van der Waals surface area contributed by atoms with Gasteiger partial charge in [-0.1, -0.05) is 182 Å². The van der Waals surface area contributed by atoms with Gasteiger partial charge in [-0.25, -0.2) is 0 Å². The van der Waals surface area contributed by atoms with E-state index in [4.69, 9.17) is 37.9 Å². The maximum absolute atomic E-state index is 14.9. The fourth-order valence-electron chi connectivity index (χ4n) is 9.76. The van der Waals surface area contributed by atoms with Crippen LogP contribution < -0.4 is 21.3 Å². The van der Waals surface area contributed by atoms with Crippen molar-refractivity contribution in [1.82, 2.24) is 21.3 Å². The summed E-state index contributed by atoms with van der Waals surface area (Å²) in [5.41, 5.74) is 5.11. The van der Waals surface area contributed by atoms with Crippen molar-refractivity contribution in [2.45, 2.75) is 127 Å². The van der Waals surface area contributed by atoms with Gasteiger partial charge in [-0.3, -0.25) is 19.2 Å². The first-order valence-corrected chi connectivity index (χ1v) is 26.6. The lowest BCUT2D eigenvalue weighted by molar-refractivity contribution is -0.260. The Labute approximate surface area is 455 Å². The molecule has 0 unspecified atom stereocenters. The van der Waals surface area contributed by atoms with Crippen LogP contribution in [0, 0.1) is 0 Å². The molecule has 6 aromatic rings. The van der Waals surface area contributed by atoms with Gasteiger partial charge in [0.05, 0.1) is 39.6 Å². The minimum Gasteiger partial charge on any atom is -0.368 e. The number of ether oxygens (including phenoxy) is 8. The van der Waals surface area contributed by atoms with Crippen molar-refractivity contribution in [3.63, 3.8) is 0 Å². The Morgan fingerprint density at radius 2 is 0.564 bits per heavy atom. The molecule has 0 aliphatic carbocycles. The van der Waals surface area contributed by atoms with E-state index in [0.29, 0.717) is 0 Å². The molecule has 16 heteroatoms. The van der Waals surface area contributed by atoms with Gasteiger partial charge in [0.25, 0.3) is 11.8 Å². The Morgan fingerprint density at radius 3 is 0.821 bits per heavy atom. The summed E-state index contributed by atoms with van der Waals surface area (Å²) in [6.45, 7) is 3.39. The summed E-state index contributed by atoms with van der Waals surface area (Å²) in [6.07, 6.45) is -10.8. The zero-order valence-corrected chi connectivity index (χ0v) is 43.8. The molecule has 9 rings (SSSR count). The summed E-state index contributed by atoms with van der Waals surface area (Å²) in [7, 11) is 0. The van der Waals surface area contributed by atoms with E-state index in [9.17, 15) is 19.2 Å². The normalized spacial score (nSPS) is 27.0. The van der Waals surface area contributed by atoms with E-state index in [1.54, 1.807) is 13.8 Å². The van der Waals surface area contributed by atoms with Crippen molar-refractivity contribution in [2.75, 3.05) is 13.1 Å². The van der Waals surface area contributed by atoms with Gasteiger partial charge in [0.1, 0.15) is 60.9 Å². The van der Waals surface area contributed by atoms with Crippen LogP contribution >= 0.6 is 0 Å². The predicted octanol–water partition coefficient (Wildman–Crippen LogP) is 6.29. The fourth-order valence-corrected chi connectivity index (χ4v) is 9.76. The molecule has 4 amide bonds. The number of benzene rings is 6. The van der Waals surface area contributed by atoms with Gasteiger partial charge in [0, 0.05) is 13.1 Å². The molecule has 6 aromatic carbocycles. The molecule has 3 heterocycles. The van der Waals surface area contributed by atoms with Crippen LogP contribution in [0.2, 0.25) is 0 Å². The highest BCUT2D eigenvalue weighted by Crippen LogP contribution is 2.33. The Morgan fingerprint density at radius 1 is 0.333 bits per heavy atom. The van der Waals surface area contributed by atoms with Crippen LogP contribution in [-0.2, 0) is 96.7 Å². The van der Waals surface area contributed by atoms with Gasteiger partial charge in [-0.15, -0.1) is 0 Å². The second kappa shape index (κ2) is 28.0. The molecule has 3 aliphatic rings. The highest BCUT2D eigenvalue weighted by Gasteiger charge is 2.53. The predicted molar refractivity (Wildman–Crippen MR) is 289 cm³/mol. The first-order valence-electron chi connectivity index (χ1n) is 26.6. The van der Waals surface area contributed by atoms with Crippen molar-refractivity contribution in [1.29, 1.82) is 0 Å². The van der Waals surface area contributed by atoms with Gasteiger partial charge in [-0.05, 0) is 47.2 Å². The average molecular weight is 1060 g/mol. The second-order valence-corrected chi connectivity index (χ2v) is 19.7. The maximum Gasteiger partial charge on any atom is 0.252 e. The van der Waals surface area contributed by atoms with Crippen molar-refractivity contribution in [3.8, 4) is 0 Å². The summed E-state index contributed by atoms with van der Waals surface area (Å²) < 4.78 is 54.0. The molecule has 16 nitrogen and oxygen atoms in total. The zero-order chi connectivity index (χ0) is 54.1. The van der Waals surface area contributed by atoms with Gasteiger partial charge in [0.2, 0.25) is 11.8 Å². The lowest BCUT2D eigenvalue weighted by Gasteiger charge is -2.46. The third-order valence-corrected chi connectivity index (χ3v) is 14.0. The minimum absolute atomic E-state index is 0.0774. The van der Waals surface area contributed by atoms with E-state index in [1.807, 2.05) is 182 Å². The molecule has 4 N–H and O–H groups in total. The van der Waals surface area contributed by atoms with Gasteiger partial charge >= 0.3 is 0 Å². The topological polar surface area (TPSA) is 190 Å². The molecule has 12 atom stereocenters. The quantitative estimate of drug-likeness (QED) is 0.0755. The largest absolute Gasteiger partial charge is 0.368 e. The molecule has 408 valence electrons. The van der Waals surface area contributed by atoms with Gasteiger partial charge in [-0.2, -0.15) is 0 Å². The smallest absolute Gasteiger partial charge is 0.252 e. The second-order valence-electron chi connectivity index (χ2n) is 19.7. The van der Waals surface area contributed by atoms with Crippen LogP contribution in [0.3, 0.4) is 0 Å². The monoisotopic (exact) mass is 1060 g/mol. The van der Waals surface area contributed by atoms with Crippen molar-refractivity contribution in [3.05, 3.63) is 215 Å². The number of hydrogen-bond donors (Lipinski definition) is 4. The van der Waals surface area contributed by atoms with Crippen LogP contribution in [0.5, 0.6) is 0 Å². The SMILES string of the molecule is C[C@H]1NC(=O)[C@H]2O[C@@H](CNC(=O)[C@@H](C)NC(=O)[C@H]3O[C@@H](CNC1=O)[C@H](OCc1ccccc1)[C@@H](OCc1ccccc1)[C@@H]3OCc1ccccc1)[C@H](OCc1ccccc1)[C@@H](OCc1ccccc1)[C@@H]2OCc1ccccc1. The third kappa shape index (κ3) is 15.1. The maximum atomic E-state index is 14.9. The number of fused-ring (bicyclic) bond motifs is 4. The Bertz CT molecular complexity index is 2610. The molecular formula is C62H68N4O12. The van der Waals surface area contributed by atoms with E-state index in [1.165, 1.54) is 0 Å². The molecule has 0 spiro atoms. The lowest BCUT2D eigenvalue weighted by Crippen LogP contribution is -2.67. The highest BCUT2D eigenvalue weighted by atomic mass is 16.6. The third-order valence-electron chi connectivity index (χ3n) is 14.0. The number of rotatable bonds is 18. The Balaban J connectivity index is 1.06. The molecule has 78 heavy (non-hydrogen) atoms. The summed E-state index contributed by atoms with van der Waals surface area (Å²) in [5.74, 6) is -2.43. The molecule has 0 saturated carbocycles. The molecule has 3 aliphatic heterocycles. The van der Waals surface area contributed by atoms with Gasteiger partial charge < -0.3 is 59.2 Å². The zero-order valence-electron chi connectivity index (χ0n) is 43.8. The van der Waals surface area contributed by atoms with E-state index in [0.717, 1.165) is 33.4 Å². The molecule has 0 radical (unpaired) electrons. The van der Waals surface area contributed by atoms with Crippen molar-refractivity contribution < 1.29 is 57.1 Å². The van der Waals surface area contributed by atoms with E-state index in [-0.39, 0.29) is 52.7 Å². The van der Waals surface area contributed by atoms with Crippen LogP contribution in [0.1, 0.15) is 47.2 Å². The average Bonchev–Trinajstić information content (AvgIpc) is 3.48. The number of carbonyl (C=O) groups is 4. The standard InChI is InChI=1S/C62H68N4O12/c1-41-59(67)63-33-49-51(71-35-43-21-9-3-10-22-43)54(74-38-46-27-15-6-16-28-46)56(76-40-48-31-19-8-20-32-48)58(78-49)62(70)66-42(2)60(68)64-34-50-52(72-36-44-23-11-4-12-24-44)53(73-37-45-25-13-5-14-26-45)55(57(77-50)61(69)65-41)75-39-47-29-17-7-18-30-47/h3-32,41-42,49-58H,33-40H2,1-2H3,(H,63,67)(H,64,68)(H,65,69)(H,66,70)/t41-,42-,49+,50+,51+,52+,53-,54-,55+,56+,57+,58+/m1/s1. The van der Waals surface area contributed by atoms with Crippen molar-refractivity contribution in [2.24, 2.45) is 0 Å². The van der Waals surface area contributed by atoms with E-state index >= 15 is 0 Å². The first kappa shape index (κ1) is 55.6. The van der Waals surface area contributed by atoms with Crippen molar-refractivity contribution >= 4 is 23.6 Å². The number of hydrogen-bond acceptors (Lipinski definition) is 12. The first-order chi connectivity index (χ1) is 38.2. The van der Waals surface area contributed by atoms with Crippen LogP contribution in [-0.4, -0.2) is 110 Å². The van der Waals surface area contributed by atoms with Crippen LogP contribution in [0.25, 0.3) is 0 Å². The molecule has 3 saturated heterocycles.